The van der Waals surface area contributed by atoms with Crippen LogP contribution in [0.1, 0.15) is 23.6 Å². The highest BCUT2D eigenvalue weighted by molar-refractivity contribution is 5.91. The first-order chi connectivity index (χ1) is 13.2. The van der Waals surface area contributed by atoms with Crippen molar-refractivity contribution in [2.75, 3.05) is 18.5 Å². The lowest BCUT2D eigenvalue weighted by atomic mass is 10.0. The fourth-order valence-corrected chi connectivity index (χ4v) is 3.34. The summed E-state index contributed by atoms with van der Waals surface area (Å²) in [6, 6.07) is 17.6. The van der Waals surface area contributed by atoms with Crippen LogP contribution in [0.3, 0.4) is 0 Å². The van der Waals surface area contributed by atoms with E-state index in [2.05, 4.69) is 35.0 Å². The second-order valence-electron chi connectivity index (χ2n) is 6.67. The largest absolute Gasteiger partial charge is 0.486 e. The molecule has 1 N–H and O–H groups in total. The van der Waals surface area contributed by atoms with E-state index in [1.807, 2.05) is 48.8 Å². The second-order valence-corrected chi connectivity index (χ2v) is 6.67. The zero-order valence-electron chi connectivity index (χ0n) is 15.2. The van der Waals surface area contributed by atoms with Crippen molar-refractivity contribution < 1.29 is 14.3 Å². The quantitative estimate of drug-likeness (QED) is 0.741. The summed E-state index contributed by atoms with van der Waals surface area (Å²) in [6.45, 7) is 3.13. The maximum atomic E-state index is 12.7. The number of hydrogen-bond acceptors (Lipinski definition) is 3. The third kappa shape index (κ3) is 3.97. The van der Waals surface area contributed by atoms with Gasteiger partial charge in [-0.2, -0.15) is 0 Å². The van der Waals surface area contributed by atoms with E-state index in [1.165, 1.54) is 5.56 Å². The highest BCUT2D eigenvalue weighted by Gasteiger charge is 2.19. The molecule has 2 heterocycles. The normalized spacial score (nSPS) is 13.8. The molecular formula is C22H22N2O3. The fourth-order valence-electron chi connectivity index (χ4n) is 3.34. The van der Waals surface area contributed by atoms with Crippen molar-refractivity contribution in [1.82, 2.24) is 4.57 Å². The zero-order chi connectivity index (χ0) is 18.6. The molecule has 0 fully saturated rings. The topological polar surface area (TPSA) is 52.5 Å². The number of hydrogen-bond donors (Lipinski definition) is 1. The Kier molecular flexibility index (Phi) is 4.83. The van der Waals surface area contributed by atoms with Gasteiger partial charge in [-0.05, 0) is 36.8 Å². The van der Waals surface area contributed by atoms with E-state index in [4.69, 9.17) is 9.47 Å². The standard InChI is InChI=1S/C22H22N2O3/c1-16-5-4-6-17(13-16)19(24-9-2-3-10-24)15-22(25)23-18-7-8-20-21(14-18)27-12-11-26-20/h2-10,13-14,19H,11-12,15H2,1H3,(H,23,25)/t19-/m0/s1. The van der Waals surface area contributed by atoms with Crippen molar-refractivity contribution in [3.63, 3.8) is 0 Å². The smallest absolute Gasteiger partial charge is 0.226 e. The van der Waals surface area contributed by atoms with Crippen LogP contribution >= 0.6 is 0 Å². The molecule has 27 heavy (non-hydrogen) atoms. The first-order valence-corrected chi connectivity index (χ1v) is 9.07. The minimum Gasteiger partial charge on any atom is -0.486 e. The lowest BCUT2D eigenvalue weighted by Crippen LogP contribution is -2.20. The average molecular weight is 362 g/mol. The Bertz CT molecular complexity index is 934. The van der Waals surface area contributed by atoms with Gasteiger partial charge in [0.1, 0.15) is 13.2 Å². The number of rotatable bonds is 5. The maximum absolute atomic E-state index is 12.7. The molecule has 0 saturated heterocycles. The van der Waals surface area contributed by atoms with Gasteiger partial charge in [-0.3, -0.25) is 4.79 Å². The molecule has 1 aliphatic heterocycles. The number of aryl methyl sites for hydroxylation is 1. The molecule has 4 rings (SSSR count). The monoisotopic (exact) mass is 362 g/mol. The maximum Gasteiger partial charge on any atom is 0.226 e. The van der Waals surface area contributed by atoms with Crippen LogP contribution in [-0.4, -0.2) is 23.7 Å². The van der Waals surface area contributed by atoms with E-state index in [9.17, 15) is 4.79 Å². The molecular weight excluding hydrogens is 340 g/mol. The van der Waals surface area contributed by atoms with Crippen LogP contribution in [0.4, 0.5) is 5.69 Å². The molecule has 0 spiro atoms. The zero-order valence-corrected chi connectivity index (χ0v) is 15.2. The summed E-state index contributed by atoms with van der Waals surface area (Å²) in [7, 11) is 0. The minimum atomic E-state index is -0.0582. The number of aromatic nitrogens is 1. The van der Waals surface area contributed by atoms with Crippen molar-refractivity contribution in [1.29, 1.82) is 0 Å². The molecule has 5 heteroatoms. The second kappa shape index (κ2) is 7.58. The number of fused-ring (bicyclic) bond motifs is 1. The van der Waals surface area contributed by atoms with E-state index in [0.29, 0.717) is 36.8 Å². The van der Waals surface area contributed by atoms with Gasteiger partial charge in [0.05, 0.1) is 12.5 Å². The van der Waals surface area contributed by atoms with E-state index < -0.39 is 0 Å². The number of nitrogens with one attached hydrogen (secondary N) is 1. The number of amides is 1. The SMILES string of the molecule is Cc1cccc([C@H](CC(=O)Nc2ccc3c(c2)OCCO3)n2cccc2)c1. The predicted molar refractivity (Wildman–Crippen MR) is 104 cm³/mol. The van der Waals surface area contributed by atoms with Gasteiger partial charge in [0.2, 0.25) is 5.91 Å². The Labute approximate surface area is 158 Å². The van der Waals surface area contributed by atoms with Gasteiger partial charge >= 0.3 is 0 Å². The lowest BCUT2D eigenvalue weighted by molar-refractivity contribution is -0.116. The molecule has 0 radical (unpaired) electrons. The van der Waals surface area contributed by atoms with Gasteiger partial charge in [-0.1, -0.05) is 29.8 Å². The highest BCUT2D eigenvalue weighted by atomic mass is 16.6. The molecule has 0 saturated carbocycles. The molecule has 138 valence electrons. The first kappa shape index (κ1) is 17.2. The number of ether oxygens (including phenoxy) is 2. The average Bonchev–Trinajstić information content (AvgIpc) is 3.20. The van der Waals surface area contributed by atoms with E-state index in [-0.39, 0.29) is 11.9 Å². The van der Waals surface area contributed by atoms with Crippen molar-refractivity contribution in [3.05, 3.63) is 78.1 Å². The van der Waals surface area contributed by atoms with Crippen LogP contribution < -0.4 is 14.8 Å². The summed E-state index contributed by atoms with van der Waals surface area (Å²) in [6.07, 6.45) is 4.32. The summed E-state index contributed by atoms with van der Waals surface area (Å²) < 4.78 is 13.2. The number of carbonyl (C=O) groups is 1. The number of anilines is 1. The molecule has 0 bridgehead atoms. The minimum absolute atomic E-state index is 0.0492. The van der Waals surface area contributed by atoms with Crippen LogP contribution in [0.15, 0.2) is 67.0 Å². The first-order valence-electron chi connectivity index (χ1n) is 9.07. The highest BCUT2D eigenvalue weighted by Crippen LogP contribution is 2.33. The number of nitrogens with zero attached hydrogens (tertiary/aromatic N) is 1. The molecule has 1 amide bonds. The lowest BCUT2D eigenvalue weighted by Gasteiger charge is -2.21. The summed E-state index contributed by atoms with van der Waals surface area (Å²) >= 11 is 0. The van der Waals surface area contributed by atoms with Crippen LogP contribution in [0.25, 0.3) is 0 Å². The summed E-state index contributed by atoms with van der Waals surface area (Å²) in [5, 5.41) is 2.98. The van der Waals surface area contributed by atoms with E-state index in [0.717, 1.165) is 5.56 Å². The summed E-state index contributed by atoms with van der Waals surface area (Å²) in [5.41, 5.74) is 3.00. The Morgan fingerprint density at radius 1 is 1.04 bits per heavy atom. The summed E-state index contributed by atoms with van der Waals surface area (Å²) in [4.78, 5) is 12.7. The number of benzene rings is 2. The Morgan fingerprint density at radius 3 is 2.59 bits per heavy atom. The van der Waals surface area contributed by atoms with E-state index in [1.54, 1.807) is 0 Å². The van der Waals surface area contributed by atoms with Gasteiger partial charge in [-0.15, -0.1) is 0 Å². The molecule has 3 aromatic rings. The van der Waals surface area contributed by atoms with Crippen LogP contribution in [-0.2, 0) is 4.79 Å². The van der Waals surface area contributed by atoms with Crippen molar-refractivity contribution in [2.24, 2.45) is 0 Å². The van der Waals surface area contributed by atoms with Gasteiger partial charge in [-0.25, -0.2) is 0 Å². The van der Waals surface area contributed by atoms with Crippen LogP contribution in [0.5, 0.6) is 11.5 Å². The molecule has 0 aliphatic carbocycles. The van der Waals surface area contributed by atoms with Crippen molar-refractivity contribution >= 4 is 11.6 Å². The number of carbonyl (C=O) groups excluding carboxylic acids is 1. The molecule has 0 unspecified atom stereocenters. The van der Waals surface area contributed by atoms with Gasteiger partial charge < -0.3 is 19.4 Å². The van der Waals surface area contributed by atoms with Crippen LogP contribution in [0.2, 0.25) is 0 Å². The van der Waals surface area contributed by atoms with Gasteiger partial charge in [0.25, 0.3) is 0 Å². The third-order valence-electron chi connectivity index (χ3n) is 4.62. The Morgan fingerprint density at radius 2 is 1.81 bits per heavy atom. The van der Waals surface area contributed by atoms with E-state index >= 15 is 0 Å². The molecule has 2 aromatic carbocycles. The molecule has 1 atom stereocenters. The molecule has 1 aromatic heterocycles. The van der Waals surface area contributed by atoms with Crippen molar-refractivity contribution in [2.45, 2.75) is 19.4 Å². The van der Waals surface area contributed by atoms with Crippen molar-refractivity contribution in [3.8, 4) is 11.5 Å². The van der Waals surface area contributed by atoms with Crippen LogP contribution in [0, 0.1) is 6.92 Å². The Balaban J connectivity index is 1.52. The molecule has 1 aliphatic rings. The molecule has 5 nitrogen and oxygen atoms in total. The Hall–Kier alpha value is -3.21. The third-order valence-corrected chi connectivity index (χ3v) is 4.62. The predicted octanol–water partition coefficient (Wildman–Crippen LogP) is 4.19. The summed E-state index contributed by atoms with van der Waals surface area (Å²) in [5.74, 6) is 1.33. The van der Waals surface area contributed by atoms with Gasteiger partial charge in [0, 0.05) is 24.1 Å². The fraction of sp³-hybridized carbons (Fsp3) is 0.227. The van der Waals surface area contributed by atoms with Gasteiger partial charge in [0.15, 0.2) is 11.5 Å².